The minimum Gasteiger partial charge on any atom is -0.476 e. The molecule has 1 unspecified atom stereocenters. The highest BCUT2D eigenvalue weighted by Gasteiger charge is 2.17. The number of aromatic carboxylic acids is 1. The van der Waals surface area contributed by atoms with Crippen molar-refractivity contribution in [3.63, 3.8) is 0 Å². The van der Waals surface area contributed by atoms with Gasteiger partial charge in [-0.1, -0.05) is 5.21 Å². The van der Waals surface area contributed by atoms with Gasteiger partial charge in [0.05, 0.1) is 12.2 Å². The van der Waals surface area contributed by atoms with Gasteiger partial charge in [-0.15, -0.1) is 5.10 Å². The lowest BCUT2D eigenvalue weighted by Gasteiger charge is -2.22. The van der Waals surface area contributed by atoms with Gasteiger partial charge in [-0.2, -0.15) is 0 Å². The number of carboxylic acid groups (broad SMARTS) is 1. The molecular weight excluding hydrogens is 184 g/mol. The number of hydrogen-bond acceptors (Lipinski definition) is 4. The van der Waals surface area contributed by atoms with Crippen molar-refractivity contribution in [3.8, 4) is 0 Å². The summed E-state index contributed by atoms with van der Waals surface area (Å²) in [5.41, 5.74) is 0.00979. The van der Waals surface area contributed by atoms with E-state index in [0.29, 0.717) is 0 Å². The molecule has 0 spiro atoms. The Bertz CT molecular complexity index is 330. The molecule has 0 bridgehead atoms. The van der Waals surface area contributed by atoms with E-state index in [0.717, 1.165) is 25.9 Å². The summed E-state index contributed by atoms with van der Waals surface area (Å²) in [5, 5.41) is 19.3. The Morgan fingerprint density at radius 3 is 3.14 bits per heavy atom. The molecule has 1 aromatic heterocycles. The van der Waals surface area contributed by atoms with Crippen molar-refractivity contribution >= 4 is 5.97 Å². The zero-order valence-corrected chi connectivity index (χ0v) is 7.68. The Hall–Kier alpha value is -1.43. The number of rotatable bonds is 2. The van der Waals surface area contributed by atoms with E-state index in [1.54, 1.807) is 4.68 Å². The first kappa shape index (κ1) is 9.14. The molecule has 14 heavy (non-hydrogen) atoms. The second-order valence-corrected chi connectivity index (χ2v) is 3.39. The number of hydrogen-bond donors (Lipinski definition) is 2. The van der Waals surface area contributed by atoms with Gasteiger partial charge in [-0.3, -0.25) is 0 Å². The molecule has 76 valence electrons. The molecule has 2 N–H and O–H groups in total. The first-order chi connectivity index (χ1) is 6.77. The predicted molar refractivity (Wildman–Crippen MR) is 48.1 cm³/mol. The minimum absolute atomic E-state index is 0.00979. The van der Waals surface area contributed by atoms with E-state index in [-0.39, 0.29) is 11.7 Å². The molecule has 6 nitrogen and oxygen atoms in total. The zero-order valence-electron chi connectivity index (χ0n) is 7.68. The highest BCUT2D eigenvalue weighted by Crippen LogP contribution is 2.14. The second-order valence-electron chi connectivity index (χ2n) is 3.39. The summed E-state index contributed by atoms with van der Waals surface area (Å²) in [6.07, 6.45) is 3.60. The third-order valence-electron chi connectivity index (χ3n) is 2.37. The van der Waals surface area contributed by atoms with Gasteiger partial charge < -0.3 is 10.4 Å². The van der Waals surface area contributed by atoms with Crippen LogP contribution in [0.15, 0.2) is 6.20 Å². The number of nitrogens with one attached hydrogen (secondary N) is 1. The maximum absolute atomic E-state index is 10.6. The topological polar surface area (TPSA) is 80.0 Å². The Morgan fingerprint density at radius 2 is 2.57 bits per heavy atom. The van der Waals surface area contributed by atoms with E-state index in [1.165, 1.54) is 6.20 Å². The Morgan fingerprint density at radius 1 is 1.71 bits per heavy atom. The van der Waals surface area contributed by atoms with Gasteiger partial charge in [0.15, 0.2) is 5.69 Å². The van der Waals surface area contributed by atoms with Gasteiger partial charge in [0.2, 0.25) is 0 Å². The lowest BCUT2D eigenvalue weighted by Crippen LogP contribution is -2.31. The van der Waals surface area contributed by atoms with Crippen molar-refractivity contribution in [2.24, 2.45) is 0 Å². The van der Waals surface area contributed by atoms with Crippen LogP contribution in [0.25, 0.3) is 0 Å². The molecule has 1 aliphatic rings. The van der Waals surface area contributed by atoms with E-state index in [2.05, 4.69) is 15.6 Å². The van der Waals surface area contributed by atoms with Crippen molar-refractivity contribution in [1.29, 1.82) is 0 Å². The van der Waals surface area contributed by atoms with Crippen LogP contribution in [0.5, 0.6) is 0 Å². The second kappa shape index (κ2) is 3.75. The van der Waals surface area contributed by atoms with Crippen LogP contribution in [-0.4, -0.2) is 39.2 Å². The minimum atomic E-state index is -1.03. The van der Waals surface area contributed by atoms with Gasteiger partial charge in [0.1, 0.15) is 0 Å². The Balaban J connectivity index is 2.11. The quantitative estimate of drug-likeness (QED) is 0.690. The van der Waals surface area contributed by atoms with Crippen LogP contribution in [-0.2, 0) is 0 Å². The van der Waals surface area contributed by atoms with Crippen LogP contribution in [0.2, 0.25) is 0 Å². The molecule has 0 aromatic carbocycles. The highest BCUT2D eigenvalue weighted by atomic mass is 16.4. The SMILES string of the molecule is O=C(O)c1cn(C2CCCNC2)nn1. The summed E-state index contributed by atoms with van der Waals surface area (Å²) in [7, 11) is 0. The fourth-order valence-corrected chi connectivity index (χ4v) is 1.61. The number of carbonyl (C=O) groups is 1. The number of aromatic nitrogens is 3. The van der Waals surface area contributed by atoms with Gasteiger partial charge >= 0.3 is 5.97 Å². The van der Waals surface area contributed by atoms with Crippen molar-refractivity contribution < 1.29 is 9.90 Å². The third kappa shape index (κ3) is 1.74. The van der Waals surface area contributed by atoms with Gasteiger partial charge in [0, 0.05) is 6.54 Å². The van der Waals surface area contributed by atoms with Crippen LogP contribution < -0.4 is 5.32 Å². The molecule has 2 heterocycles. The average Bonchev–Trinajstić information content (AvgIpc) is 2.68. The summed E-state index contributed by atoms with van der Waals surface area (Å²) in [6.45, 7) is 1.86. The monoisotopic (exact) mass is 196 g/mol. The largest absolute Gasteiger partial charge is 0.476 e. The van der Waals surface area contributed by atoms with Crippen molar-refractivity contribution in [3.05, 3.63) is 11.9 Å². The molecule has 0 saturated carbocycles. The van der Waals surface area contributed by atoms with Gasteiger partial charge in [-0.05, 0) is 19.4 Å². The maximum Gasteiger partial charge on any atom is 0.358 e. The lowest BCUT2D eigenvalue weighted by atomic mass is 10.1. The predicted octanol–water partition coefficient (Wildman–Crippen LogP) is -0.0992. The fourth-order valence-electron chi connectivity index (χ4n) is 1.61. The van der Waals surface area contributed by atoms with Crippen LogP contribution >= 0.6 is 0 Å². The fraction of sp³-hybridized carbons (Fsp3) is 0.625. The first-order valence-corrected chi connectivity index (χ1v) is 4.63. The van der Waals surface area contributed by atoms with Crippen molar-refractivity contribution in [2.75, 3.05) is 13.1 Å². The van der Waals surface area contributed by atoms with Crippen molar-refractivity contribution in [2.45, 2.75) is 18.9 Å². The summed E-state index contributed by atoms with van der Waals surface area (Å²) in [6, 6.07) is 0.240. The molecule has 0 aliphatic carbocycles. The normalized spacial score (nSPS) is 22.1. The molecule has 0 radical (unpaired) electrons. The average molecular weight is 196 g/mol. The van der Waals surface area contributed by atoms with Crippen LogP contribution in [0.1, 0.15) is 29.4 Å². The highest BCUT2D eigenvalue weighted by molar-refractivity contribution is 5.84. The summed E-state index contributed by atoms with van der Waals surface area (Å²) in [4.78, 5) is 10.6. The Kier molecular flexibility index (Phi) is 2.45. The molecule has 2 rings (SSSR count). The van der Waals surface area contributed by atoms with Crippen LogP contribution in [0.4, 0.5) is 0 Å². The molecule has 1 aliphatic heterocycles. The van der Waals surface area contributed by atoms with Crippen molar-refractivity contribution in [1.82, 2.24) is 20.3 Å². The van der Waals surface area contributed by atoms with Gasteiger partial charge in [0.25, 0.3) is 0 Å². The van der Waals surface area contributed by atoms with Gasteiger partial charge in [-0.25, -0.2) is 9.48 Å². The van der Waals surface area contributed by atoms with Crippen LogP contribution in [0.3, 0.4) is 0 Å². The zero-order chi connectivity index (χ0) is 9.97. The lowest BCUT2D eigenvalue weighted by molar-refractivity contribution is 0.0690. The summed E-state index contributed by atoms with van der Waals surface area (Å²) in [5.74, 6) is -1.03. The molecule has 1 atom stereocenters. The molecule has 1 saturated heterocycles. The smallest absolute Gasteiger partial charge is 0.358 e. The maximum atomic E-state index is 10.6. The number of piperidine rings is 1. The molecular formula is C8H12N4O2. The van der Waals surface area contributed by atoms with Crippen LogP contribution in [0, 0.1) is 0 Å². The molecule has 6 heteroatoms. The molecule has 0 amide bonds. The van der Waals surface area contributed by atoms with E-state index in [9.17, 15) is 4.79 Å². The molecule has 1 fully saturated rings. The van der Waals surface area contributed by atoms with E-state index >= 15 is 0 Å². The number of carboxylic acids is 1. The standard InChI is InChI=1S/C8H12N4O2/c13-8(14)7-5-12(11-10-7)6-2-1-3-9-4-6/h5-6,9H,1-4H2,(H,13,14). The Labute approximate surface area is 80.9 Å². The third-order valence-corrected chi connectivity index (χ3v) is 2.37. The summed E-state index contributed by atoms with van der Waals surface area (Å²) >= 11 is 0. The van der Waals surface area contributed by atoms with E-state index < -0.39 is 5.97 Å². The first-order valence-electron chi connectivity index (χ1n) is 4.63. The van der Waals surface area contributed by atoms with E-state index in [4.69, 9.17) is 5.11 Å². The molecule has 1 aromatic rings. The summed E-state index contributed by atoms with van der Waals surface area (Å²) < 4.78 is 1.63. The van der Waals surface area contributed by atoms with E-state index in [1.807, 2.05) is 0 Å². The number of nitrogens with zero attached hydrogens (tertiary/aromatic N) is 3.